The molecular weight excluding hydrogens is 196 g/mol. The van der Waals surface area contributed by atoms with Crippen LogP contribution >= 0.6 is 0 Å². The second kappa shape index (κ2) is 5.29. The SMILES string of the molecule is Cc1ccccc1C(=O)CC1CCCCC1. The summed E-state index contributed by atoms with van der Waals surface area (Å²) < 4.78 is 0. The van der Waals surface area contributed by atoms with Crippen LogP contribution in [0.4, 0.5) is 0 Å². The predicted molar refractivity (Wildman–Crippen MR) is 66.7 cm³/mol. The van der Waals surface area contributed by atoms with Crippen LogP contribution in [0.3, 0.4) is 0 Å². The molecule has 0 spiro atoms. The van der Waals surface area contributed by atoms with Crippen LogP contribution in [-0.4, -0.2) is 5.78 Å². The van der Waals surface area contributed by atoms with Gasteiger partial charge in [-0.25, -0.2) is 0 Å². The second-order valence-electron chi connectivity index (χ2n) is 4.95. The molecule has 0 bridgehead atoms. The van der Waals surface area contributed by atoms with E-state index in [1.54, 1.807) is 0 Å². The maximum atomic E-state index is 12.1. The van der Waals surface area contributed by atoms with E-state index in [4.69, 9.17) is 0 Å². The summed E-state index contributed by atoms with van der Waals surface area (Å²) in [5.74, 6) is 0.978. The van der Waals surface area contributed by atoms with Gasteiger partial charge in [0, 0.05) is 12.0 Å². The van der Waals surface area contributed by atoms with Crippen LogP contribution in [-0.2, 0) is 0 Å². The van der Waals surface area contributed by atoms with Crippen molar-refractivity contribution in [2.24, 2.45) is 5.92 Å². The summed E-state index contributed by atoms with van der Waals surface area (Å²) in [5.41, 5.74) is 2.04. The van der Waals surface area contributed by atoms with Crippen LogP contribution in [0.25, 0.3) is 0 Å². The van der Waals surface area contributed by atoms with E-state index in [0.717, 1.165) is 17.5 Å². The van der Waals surface area contributed by atoms with Crippen molar-refractivity contribution in [1.82, 2.24) is 0 Å². The van der Waals surface area contributed by atoms with E-state index in [2.05, 4.69) is 0 Å². The molecule has 1 aliphatic rings. The quantitative estimate of drug-likeness (QED) is 0.694. The number of carbonyl (C=O) groups is 1. The van der Waals surface area contributed by atoms with Gasteiger partial charge in [0.15, 0.2) is 5.78 Å². The van der Waals surface area contributed by atoms with E-state index >= 15 is 0 Å². The third kappa shape index (κ3) is 2.72. The summed E-state index contributed by atoms with van der Waals surface area (Å²) in [4.78, 5) is 12.1. The molecule has 1 aliphatic carbocycles. The van der Waals surface area contributed by atoms with Crippen LogP contribution in [0.15, 0.2) is 24.3 Å². The van der Waals surface area contributed by atoms with Crippen LogP contribution in [0, 0.1) is 12.8 Å². The Morgan fingerprint density at radius 3 is 2.56 bits per heavy atom. The molecule has 16 heavy (non-hydrogen) atoms. The number of carbonyl (C=O) groups excluding carboxylic acids is 1. The first-order valence-corrected chi connectivity index (χ1v) is 6.36. The first-order chi connectivity index (χ1) is 7.77. The van der Waals surface area contributed by atoms with E-state index < -0.39 is 0 Å². The number of hydrogen-bond acceptors (Lipinski definition) is 1. The summed E-state index contributed by atoms with van der Waals surface area (Å²) in [6.07, 6.45) is 7.23. The Labute approximate surface area is 97.9 Å². The summed E-state index contributed by atoms with van der Waals surface area (Å²) >= 11 is 0. The summed E-state index contributed by atoms with van der Waals surface area (Å²) in [5, 5.41) is 0. The van der Waals surface area contributed by atoms with Gasteiger partial charge in [0.25, 0.3) is 0 Å². The monoisotopic (exact) mass is 216 g/mol. The van der Waals surface area contributed by atoms with Gasteiger partial charge >= 0.3 is 0 Å². The van der Waals surface area contributed by atoms with Crippen LogP contribution in [0.5, 0.6) is 0 Å². The van der Waals surface area contributed by atoms with Crippen LogP contribution in [0.1, 0.15) is 54.4 Å². The molecule has 0 radical (unpaired) electrons. The van der Waals surface area contributed by atoms with Gasteiger partial charge in [0.1, 0.15) is 0 Å². The smallest absolute Gasteiger partial charge is 0.163 e. The average molecular weight is 216 g/mol. The van der Waals surface area contributed by atoms with E-state index in [9.17, 15) is 4.79 Å². The summed E-state index contributed by atoms with van der Waals surface area (Å²) in [6, 6.07) is 7.93. The van der Waals surface area contributed by atoms with Gasteiger partial charge in [0.05, 0.1) is 0 Å². The molecule has 1 aromatic carbocycles. The zero-order valence-electron chi connectivity index (χ0n) is 10.0. The number of aryl methyl sites for hydroxylation is 1. The molecule has 0 atom stereocenters. The Morgan fingerprint density at radius 2 is 1.88 bits per heavy atom. The lowest BCUT2D eigenvalue weighted by molar-refractivity contribution is 0.0949. The Hall–Kier alpha value is -1.11. The van der Waals surface area contributed by atoms with Gasteiger partial charge in [-0.2, -0.15) is 0 Å². The number of rotatable bonds is 3. The van der Waals surface area contributed by atoms with E-state index in [0.29, 0.717) is 11.7 Å². The molecule has 1 aromatic rings. The Bertz CT molecular complexity index is 361. The van der Waals surface area contributed by atoms with Crippen molar-refractivity contribution < 1.29 is 4.79 Å². The van der Waals surface area contributed by atoms with Crippen molar-refractivity contribution in [1.29, 1.82) is 0 Å². The van der Waals surface area contributed by atoms with E-state index in [-0.39, 0.29) is 0 Å². The highest BCUT2D eigenvalue weighted by Crippen LogP contribution is 2.27. The standard InChI is InChI=1S/C15H20O/c1-12-7-5-6-10-14(12)15(16)11-13-8-3-2-4-9-13/h5-7,10,13H,2-4,8-9,11H2,1H3. The minimum Gasteiger partial charge on any atom is -0.294 e. The molecule has 0 heterocycles. The highest BCUT2D eigenvalue weighted by atomic mass is 16.1. The molecule has 1 heteroatoms. The fourth-order valence-corrected chi connectivity index (χ4v) is 2.65. The van der Waals surface area contributed by atoms with E-state index in [1.165, 1.54) is 32.1 Å². The number of hydrogen-bond donors (Lipinski definition) is 0. The van der Waals surface area contributed by atoms with Crippen LogP contribution < -0.4 is 0 Å². The van der Waals surface area contributed by atoms with Crippen molar-refractivity contribution in [3.8, 4) is 0 Å². The fourth-order valence-electron chi connectivity index (χ4n) is 2.65. The topological polar surface area (TPSA) is 17.1 Å². The normalized spacial score (nSPS) is 17.3. The molecule has 1 saturated carbocycles. The molecule has 86 valence electrons. The minimum atomic E-state index is 0.338. The van der Waals surface area contributed by atoms with Gasteiger partial charge in [-0.05, 0) is 18.4 Å². The van der Waals surface area contributed by atoms with Crippen LogP contribution in [0.2, 0.25) is 0 Å². The fraction of sp³-hybridized carbons (Fsp3) is 0.533. The third-order valence-electron chi connectivity index (χ3n) is 3.64. The predicted octanol–water partition coefficient (Wildman–Crippen LogP) is 4.15. The summed E-state index contributed by atoms with van der Waals surface area (Å²) in [7, 11) is 0. The molecule has 0 aliphatic heterocycles. The molecule has 1 fully saturated rings. The van der Waals surface area contributed by atoms with E-state index in [1.807, 2.05) is 31.2 Å². The first-order valence-electron chi connectivity index (χ1n) is 6.36. The molecule has 0 amide bonds. The molecule has 0 aromatic heterocycles. The lowest BCUT2D eigenvalue weighted by Gasteiger charge is -2.20. The average Bonchev–Trinajstić information content (AvgIpc) is 2.31. The largest absolute Gasteiger partial charge is 0.294 e. The molecule has 0 saturated heterocycles. The Kier molecular flexibility index (Phi) is 3.76. The zero-order valence-corrected chi connectivity index (χ0v) is 10.0. The van der Waals surface area contributed by atoms with Crippen molar-refractivity contribution in [3.63, 3.8) is 0 Å². The van der Waals surface area contributed by atoms with Gasteiger partial charge in [-0.15, -0.1) is 0 Å². The summed E-state index contributed by atoms with van der Waals surface area (Å²) in [6.45, 7) is 2.02. The molecule has 2 rings (SSSR count). The molecular formula is C15H20O. The molecule has 1 nitrogen and oxygen atoms in total. The zero-order chi connectivity index (χ0) is 11.4. The number of ketones is 1. The van der Waals surface area contributed by atoms with Crippen molar-refractivity contribution in [3.05, 3.63) is 35.4 Å². The molecule has 0 N–H and O–H groups in total. The number of benzene rings is 1. The van der Waals surface area contributed by atoms with Crippen molar-refractivity contribution in [2.75, 3.05) is 0 Å². The van der Waals surface area contributed by atoms with Crippen molar-refractivity contribution in [2.45, 2.75) is 45.4 Å². The minimum absolute atomic E-state index is 0.338. The third-order valence-corrected chi connectivity index (χ3v) is 3.64. The Balaban J connectivity index is 2.00. The molecule has 0 unspecified atom stereocenters. The van der Waals surface area contributed by atoms with Gasteiger partial charge in [0.2, 0.25) is 0 Å². The number of Topliss-reactive ketones (excluding diaryl/α,β-unsaturated/α-hetero) is 1. The highest BCUT2D eigenvalue weighted by Gasteiger charge is 2.18. The highest BCUT2D eigenvalue weighted by molar-refractivity contribution is 5.97. The van der Waals surface area contributed by atoms with Gasteiger partial charge in [-0.3, -0.25) is 4.79 Å². The second-order valence-corrected chi connectivity index (χ2v) is 4.95. The Morgan fingerprint density at radius 1 is 1.19 bits per heavy atom. The maximum absolute atomic E-state index is 12.1. The maximum Gasteiger partial charge on any atom is 0.163 e. The van der Waals surface area contributed by atoms with Crippen molar-refractivity contribution >= 4 is 5.78 Å². The lowest BCUT2D eigenvalue weighted by atomic mass is 9.84. The van der Waals surface area contributed by atoms with Gasteiger partial charge in [-0.1, -0.05) is 56.4 Å². The lowest BCUT2D eigenvalue weighted by Crippen LogP contribution is -2.12. The first kappa shape index (κ1) is 11.4. The van der Waals surface area contributed by atoms with Gasteiger partial charge < -0.3 is 0 Å².